The molecule has 0 unspecified atom stereocenters. The summed E-state index contributed by atoms with van der Waals surface area (Å²) in [5.41, 5.74) is 9.70. The molecular weight excluding hydrogens is 304 g/mol. The van der Waals surface area contributed by atoms with Crippen LogP contribution in [-0.2, 0) is 17.6 Å². The van der Waals surface area contributed by atoms with Crippen LogP contribution in [0.25, 0.3) is 11.0 Å². The molecule has 0 spiro atoms. The van der Waals surface area contributed by atoms with Gasteiger partial charge in [-0.2, -0.15) is 0 Å². The van der Waals surface area contributed by atoms with Crippen LogP contribution in [0.15, 0.2) is 30.5 Å². The summed E-state index contributed by atoms with van der Waals surface area (Å²) in [6.45, 7) is 1.83. The molecule has 0 atom stereocenters. The van der Waals surface area contributed by atoms with Crippen molar-refractivity contribution in [2.75, 3.05) is 12.8 Å². The molecule has 0 bridgehead atoms. The van der Waals surface area contributed by atoms with E-state index >= 15 is 0 Å². The summed E-state index contributed by atoms with van der Waals surface area (Å²) in [6, 6.07) is 7.51. The summed E-state index contributed by atoms with van der Waals surface area (Å²) in [4.78, 5) is 23.2. The van der Waals surface area contributed by atoms with Gasteiger partial charge in [0.2, 0.25) is 0 Å². The van der Waals surface area contributed by atoms with Crippen molar-refractivity contribution in [3.63, 3.8) is 0 Å². The topological polar surface area (TPSA) is 93.9 Å². The Hall–Kier alpha value is -2.89. The number of nitrogens with one attached hydrogen (secondary N) is 1. The molecule has 3 rings (SSSR count). The van der Waals surface area contributed by atoms with Crippen LogP contribution in [0, 0.1) is 6.92 Å². The molecule has 0 aliphatic heterocycles. The number of hydrogen-bond acceptors (Lipinski definition) is 5. The van der Waals surface area contributed by atoms with Gasteiger partial charge in [-0.05, 0) is 49.4 Å². The van der Waals surface area contributed by atoms with Crippen molar-refractivity contribution in [3.8, 4) is 0 Å². The summed E-state index contributed by atoms with van der Waals surface area (Å²) >= 11 is 0. The molecule has 6 nitrogen and oxygen atoms in total. The lowest BCUT2D eigenvalue weighted by Gasteiger charge is -2.04. The van der Waals surface area contributed by atoms with Crippen molar-refractivity contribution >= 4 is 22.8 Å². The molecule has 3 aromatic rings. The number of benzene rings is 1. The van der Waals surface area contributed by atoms with Crippen LogP contribution >= 0.6 is 0 Å². The molecule has 1 aromatic carbocycles. The fraction of sp³-hybridized carbons (Fsp3) is 0.278. The van der Waals surface area contributed by atoms with Crippen LogP contribution < -0.4 is 5.73 Å². The smallest absolute Gasteiger partial charge is 0.337 e. The van der Waals surface area contributed by atoms with Crippen molar-refractivity contribution in [1.82, 2.24) is 15.0 Å². The third-order valence-corrected chi connectivity index (χ3v) is 4.04. The quantitative estimate of drug-likeness (QED) is 0.704. The van der Waals surface area contributed by atoms with Gasteiger partial charge in [0.15, 0.2) is 0 Å². The van der Waals surface area contributed by atoms with Gasteiger partial charge in [0.05, 0.1) is 18.1 Å². The van der Waals surface area contributed by atoms with Crippen molar-refractivity contribution < 1.29 is 9.53 Å². The number of carbonyl (C=O) groups is 1. The van der Waals surface area contributed by atoms with E-state index in [0.29, 0.717) is 17.2 Å². The summed E-state index contributed by atoms with van der Waals surface area (Å²) in [5.74, 6) is 0.876. The lowest BCUT2D eigenvalue weighted by atomic mass is 10.0. The van der Waals surface area contributed by atoms with E-state index in [4.69, 9.17) is 10.5 Å². The van der Waals surface area contributed by atoms with Gasteiger partial charge >= 0.3 is 5.97 Å². The normalized spacial score (nSPS) is 10.9. The fourth-order valence-electron chi connectivity index (χ4n) is 2.85. The number of ether oxygens (including phenoxy) is 1. The Morgan fingerprint density at radius 3 is 2.67 bits per heavy atom. The Kier molecular flexibility index (Phi) is 4.46. The summed E-state index contributed by atoms with van der Waals surface area (Å²) in [6.07, 6.45) is 4.73. The van der Waals surface area contributed by atoms with E-state index in [0.717, 1.165) is 35.9 Å². The second-order valence-corrected chi connectivity index (χ2v) is 5.74. The summed E-state index contributed by atoms with van der Waals surface area (Å²) in [5, 5.41) is 0.918. The minimum absolute atomic E-state index is 0.314. The molecule has 2 aromatic heterocycles. The third-order valence-electron chi connectivity index (χ3n) is 4.04. The molecule has 2 heterocycles. The molecule has 0 fully saturated rings. The van der Waals surface area contributed by atoms with Gasteiger partial charge in [-0.3, -0.25) is 0 Å². The predicted molar refractivity (Wildman–Crippen MR) is 92.8 cm³/mol. The maximum atomic E-state index is 11.4. The molecule has 0 amide bonds. The average molecular weight is 324 g/mol. The Balaban J connectivity index is 1.65. The number of aryl methyl sites for hydroxylation is 3. The highest BCUT2D eigenvalue weighted by Gasteiger charge is 2.10. The maximum Gasteiger partial charge on any atom is 0.337 e. The van der Waals surface area contributed by atoms with E-state index in [1.54, 1.807) is 12.1 Å². The number of rotatable bonds is 5. The standard InChI is InChI=1S/C18H20N4O2/c1-11-21-16(19)15-14(10-20-17(15)22-11)5-3-4-12-6-8-13(9-7-12)18(23)24-2/h6-10H,3-5H2,1-2H3,(H3,19,20,21,22). The first-order valence-corrected chi connectivity index (χ1v) is 7.86. The number of hydrogen-bond donors (Lipinski definition) is 2. The lowest BCUT2D eigenvalue weighted by molar-refractivity contribution is 0.0600. The van der Waals surface area contributed by atoms with Crippen LogP contribution in [0.2, 0.25) is 0 Å². The molecule has 0 radical (unpaired) electrons. The third kappa shape index (κ3) is 3.22. The van der Waals surface area contributed by atoms with Crippen molar-refractivity contribution in [2.45, 2.75) is 26.2 Å². The molecule has 0 aliphatic carbocycles. The molecule has 0 saturated carbocycles. The van der Waals surface area contributed by atoms with Crippen LogP contribution in [-0.4, -0.2) is 28.0 Å². The molecule has 124 valence electrons. The number of methoxy groups -OCH3 is 1. The van der Waals surface area contributed by atoms with Gasteiger partial charge in [0.1, 0.15) is 17.3 Å². The van der Waals surface area contributed by atoms with Crippen LogP contribution in [0.5, 0.6) is 0 Å². The summed E-state index contributed by atoms with van der Waals surface area (Å²) in [7, 11) is 1.38. The molecular formula is C18H20N4O2. The second-order valence-electron chi connectivity index (χ2n) is 5.74. The predicted octanol–water partition coefficient (Wildman–Crippen LogP) is 2.81. The Labute approximate surface area is 140 Å². The first kappa shape index (κ1) is 16.0. The minimum Gasteiger partial charge on any atom is -0.465 e. The van der Waals surface area contributed by atoms with Crippen LogP contribution in [0.4, 0.5) is 5.82 Å². The highest BCUT2D eigenvalue weighted by molar-refractivity contribution is 5.89. The second kappa shape index (κ2) is 6.70. The van der Waals surface area contributed by atoms with Crippen LogP contribution in [0.3, 0.4) is 0 Å². The van der Waals surface area contributed by atoms with Gasteiger partial charge in [-0.25, -0.2) is 14.8 Å². The van der Waals surface area contributed by atoms with Gasteiger partial charge in [0.25, 0.3) is 0 Å². The number of esters is 1. The largest absolute Gasteiger partial charge is 0.465 e. The molecule has 0 saturated heterocycles. The van der Waals surface area contributed by atoms with Gasteiger partial charge in [0, 0.05) is 6.20 Å². The Morgan fingerprint density at radius 1 is 1.21 bits per heavy atom. The Morgan fingerprint density at radius 2 is 1.96 bits per heavy atom. The number of fused-ring (bicyclic) bond motifs is 1. The monoisotopic (exact) mass is 324 g/mol. The van der Waals surface area contributed by atoms with E-state index in [1.165, 1.54) is 12.7 Å². The number of H-pyrrole nitrogens is 1. The van der Waals surface area contributed by atoms with E-state index in [2.05, 4.69) is 15.0 Å². The van der Waals surface area contributed by atoms with Gasteiger partial charge in [-0.15, -0.1) is 0 Å². The van der Waals surface area contributed by atoms with Gasteiger partial charge in [-0.1, -0.05) is 12.1 Å². The van der Waals surface area contributed by atoms with Crippen molar-refractivity contribution in [1.29, 1.82) is 0 Å². The zero-order valence-corrected chi connectivity index (χ0v) is 13.8. The van der Waals surface area contributed by atoms with Crippen molar-refractivity contribution in [3.05, 3.63) is 53.0 Å². The lowest BCUT2D eigenvalue weighted by Crippen LogP contribution is -2.01. The number of nitrogens with zero attached hydrogens (tertiary/aromatic N) is 2. The summed E-state index contributed by atoms with van der Waals surface area (Å²) < 4.78 is 4.70. The number of aromatic amines is 1. The highest BCUT2D eigenvalue weighted by Crippen LogP contribution is 2.23. The number of aromatic nitrogens is 3. The van der Waals surface area contributed by atoms with E-state index in [-0.39, 0.29) is 5.97 Å². The Bertz CT molecular complexity index is 869. The first-order valence-electron chi connectivity index (χ1n) is 7.86. The van der Waals surface area contributed by atoms with E-state index in [1.807, 2.05) is 25.3 Å². The van der Waals surface area contributed by atoms with Crippen LogP contribution in [0.1, 0.15) is 33.7 Å². The molecule has 3 N–H and O–H groups in total. The molecule has 0 aliphatic rings. The average Bonchev–Trinajstić information content (AvgIpc) is 2.98. The highest BCUT2D eigenvalue weighted by atomic mass is 16.5. The van der Waals surface area contributed by atoms with Gasteiger partial charge < -0.3 is 15.5 Å². The zero-order valence-electron chi connectivity index (χ0n) is 13.8. The molecule has 24 heavy (non-hydrogen) atoms. The number of nitrogens with two attached hydrogens (primary N) is 1. The van der Waals surface area contributed by atoms with Crippen molar-refractivity contribution in [2.24, 2.45) is 0 Å². The minimum atomic E-state index is -0.314. The fourth-order valence-corrected chi connectivity index (χ4v) is 2.85. The van der Waals surface area contributed by atoms with E-state index in [9.17, 15) is 4.79 Å². The maximum absolute atomic E-state index is 11.4. The van der Waals surface area contributed by atoms with E-state index < -0.39 is 0 Å². The number of anilines is 1. The molecule has 6 heteroatoms. The SMILES string of the molecule is COC(=O)c1ccc(CCCc2c[nH]c3nc(C)nc(N)c23)cc1. The number of carbonyl (C=O) groups excluding carboxylic acids is 1. The zero-order chi connectivity index (χ0) is 17.1. The first-order chi connectivity index (χ1) is 11.6. The number of nitrogen functional groups attached to an aromatic ring is 1.